The number of unbranched alkanes of at least 4 members (excludes halogenated alkanes) is 20. The average Bonchev–Trinajstić information content (AvgIpc) is 4.24. The van der Waals surface area contributed by atoms with E-state index in [0.29, 0.717) is 26.4 Å². The van der Waals surface area contributed by atoms with Crippen molar-refractivity contribution in [3.63, 3.8) is 0 Å². The molecule has 8 heteroatoms. The maximum absolute atomic E-state index is 6.75. The molecule has 0 saturated carbocycles. The second kappa shape index (κ2) is 30.3. The minimum Gasteiger partial charge on any atom is -0.493 e. The highest BCUT2D eigenvalue weighted by molar-refractivity contribution is 5.98. The van der Waals surface area contributed by atoms with Crippen molar-refractivity contribution in [1.82, 2.24) is 19.9 Å². The predicted octanol–water partition coefficient (Wildman–Crippen LogP) is 18.9. The Morgan fingerprint density at radius 3 is 1.00 bits per heavy atom. The third-order valence-electron chi connectivity index (χ3n) is 13.9. The highest BCUT2D eigenvalue weighted by atomic mass is 16.5. The van der Waals surface area contributed by atoms with Crippen molar-refractivity contribution in [3.05, 3.63) is 95.6 Å². The number of hydrogen-bond acceptors (Lipinski definition) is 6. The molecule has 8 bridgehead atoms. The fourth-order valence-electron chi connectivity index (χ4n) is 9.85. The van der Waals surface area contributed by atoms with E-state index in [4.69, 9.17) is 28.9 Å². The summed E-state index contributed by atoms with van der Waals surface area (Å²) in [5, 5.41) is 0. The number of aromatic amines is 2. The molecule has 0 fully saturated rings. The maximum Gasteiger partial charge on any atom is 0.131 e. The van der Waals surface area contributed by atoms with E-state index in [2.05, 4.69) is 135 Å². The van der Waals surface area contributed by atoms with Crippen LogP contribution in [0.2, 0.25) is 0 Å². The standard InChI is InChI=1S/C64H86N4O4/c1-5-9-13-17-21-25-43-69-57-31-29-32-58(70-44-26-22-18-14-10-6-2)63(57)61-53-39-35-49(65-53)47-51-37-41-55(67-51)62(56-42-38-52(68-56)48-50-36-40-54(61)66-50)64-59(71-45-27-23-19-15-11-7-3)33-30-34-60(64)72-46-28-24-20-16-12-8-4/h29-42,47-48,65-66H,5-28,43-46H2,1-4H3. The molecule has 2 aliphatic heterocycles. The largest absolute Gasteiger partial charge is 0.493 e. The fraction of sp³-hybridized carbons (Fsp3) is 0.500. The number of ether oxygens (including phenoxy) is 4. The Hall–Kier alpha value is -5.76. The molecule has 0 aliphatic carbocycles. The zero-order chi connectivity index (χ0) is 50.0. The number of fused-ring (bicyclic) bond motifs is 8. The second-order valence-corrected chi connectivity index (χ2v) is 19.9. The summed E-state index contributed by atoms with van der Waals surface area (Å²) < 4.78 is 27.0. The Labute approximate surface area is 432 Å². The molecule has 7 rings (SSSR count). The molecule has 0 saturated heterocycles. The van der Waals surface area contributed by atoms with Crippen molar-refractivity contribution >= 4 is 46.4 Å². The van der Waals surface area contributed by atoms with E-state index >= 15 is 0 Å². The van der Waals surface area contributed by atoms with E-state index in [-0.39, 0.29) is 0 Å². The highest BCUT2D eigenvalue weighted by Gasteiger charge is 2.23. The first-order chi connectivity index (χ1) is 35.6. The Kier molecular flexibility index (Phi) is 22.7. The molecule has 386 valence electrons. The van der Waals surface area contributed by atoms with Crippen LogP contribution in [-0.4, -0.2) is 46.4 Å². The molecule has 2 aliphatic rings. The maximum atomic E-state index is 6.75. The van der Waals surface area contributed by atoms with Crippen LogP contribution in [0.4, 0.5) is 0 Å². The number of nitrogens with zero attached hydrogens (tertiary/aromatic N) is 2. The molecule has 3 aromatic heterocycles. The number of nitrogens with one attached hydrogen (secondary N) is 2. The monoisotopic (exact) mass is 975 g/mol. The van der Waals surface area contributed by atoms with E-state index in [9.17, 15) is 0 Å². The summed E-state index contributed by atoms with van der Waals surface area (Å²) in [4.78, 5) is 18.3. The van der Waals surface area contributed by atoms with E-state index in [0.717, 1.165) is 141 Å². The molecular weight excluding hydrogens is 889 g/mol. The van der Waals surface area contributed by atoms with Gasteiger partial charge in [0.25, 0.3) is 0 Å². The van der Waals surface area contributed by atoms with Crippen molar-refractivity contribution in [2.45, 2.75) is 182 Å². The van der Waals surface area contributed by atoms with Crippen molar-refractivity contribution < 1.29 is 18.9 Å². The number of rotatable bonds is 34. The van der Waals surface area contributed by atoms with E-state index < -0.39 is 0 Å². The van der Waals surface area contributed by atoms with Gasteiger partial charge in [0.2, 0.25) is 0 Å². The first kappa shape index (κ1) is 54.0. The minimum absolute atomic E-state index is 0.639. The van der Waals surface area contributed by atoms with Crippen molar-refractivity contribution in [3.8, 4) is 45.3 Å². The van der Waals surface area contributed by atoms with Crippen LogP contribution < -0.4 is 18.9 Å². The molecular formula is C64H86N4O4. The van der Waals surface area contributed by atoms with Crippen LogP contribution in [0.15, 0.2) is 72.8 Å². The highest BCUT2D eigenvalue weighted by Crippen LogP contribution is 2.45. The smallest absolute Gasteiger partial charge is 0.131 e. The van der Waals surface area contributed by atoms with Crippen LogP contribution in [0.1, 0.15) is 205 Å². The van der Waals surface area contributed by atoms with Gasteiger partial charge in [0.15, 0.2) is 0 Å². The van der Waals surface area contributed by atoms with E-state index in [1.807, 2.05) is 0 Å². The number of aromatic nitrogens is 4. The first-order valence-electron chi connectivity index (χ1n) is 28.5. The molecule has 5 heterocycles. The normalized spacial score (nSPS) is 11.9. The van der Waals surface area contributed by atoms with Gasteiger partial charge in [-0.1, -0.05) is 168 Å². The third kappa shape index (κ3) is 16.1. The summed E-state index contributed by atoms with van der Waals surface area (Å²) in [6.45, 7) is 11.6. The van der Waals surface area contributed by atoms with Gasteiger partial charge < -0.3 is 28.9 Å². The molecule has 0 atom stereocenters. The zero-order valence-electron chi connectivity index (χ0n) is 44.6. The Morgan fingerprint density at radius 1 is 0.333 bits per heavy atom. The van der Waals surface area contributed by atoms with Crippen LogP contribution in [0.3, 0.4) is 0 Å². The van der Waals surface area contributed by atoms with Crippen molar-refractivity contribution in [2.75, 3.05) is 26.4 Å². The van der Waals surface area contributed by atoms with Crippen molar-refractivity contribution in [1.29, 1.82) is 0 Å². The van der Waals surface area contributed by atoms with Crippen LogP contribution in [0.25, 0.3) is 68.6 Å². The minimum atomic E-state index is 0.639. The summed E-state index contributed by atoms with van der Waals surface area (Å²) in [7, 11) is 0. The van der Waals surface area contributed by atoms with Gasteiger partial charge in [0, 0.05) is 33.2 Å². The van der Waals surface area contributed by atoms with Crippen LogP contribution in [0.5, 0.6) is 23.0 Å². The zero-order valence-corrected chi connectivity index (χ0v) is 44.6. The van der Waals surface area contributed by atoms with Gasteiger partial charge in [-0.05, 0) is 111 Å². The van der Waals surface area contributed by atoms with Gasteiger partial charge in [-0.3, -0.25) is 0 Å². The lowest BCUT2D eigenvalue weighted by Crippen LogP contribution is -2.04. The van der Waals surface area contributed by atoms with Gasteiger partial charge >= 0.3 is 0 Å². The lowest BCUT2D eigenvalue weighted by Gasteiger charge is -2.18. The number of hydrogen-bond donors (Lipinski definition) is 2. The molecule has 0 amide bonds. The predicted molar refractivity (Wildman–Crippen MR) is 305 cm³/mol. The van der Waals surface area contributed by atoms with Crippen LogP contribution >= 0.6 is 0 Å². The molecule has 2 aromatic carbocycles. The molecule has 5 aromatic rings. The molecule has 0 radical (unpaired) electrons. The summed E-state index contributed by atoms with van der Waals surface area (Å²) in [6, 6.07) is 25.4. The summed E-state index contributed by atoms with van der Waals surface area (Å²) in [6.07, 6.45) is 37.2. The number of benzene rings is 2. The van der Waals surface area contributed by atoms with Gasteiger partial charge in [0.05, 0.1) is 60.3 Å². The number of H-pyrrole nitrogens is 2. The lowest BCUT2D eigenvalue weighted by molar-refractivity contribution is 0.292. The van der Waals surface area contributed by atoms with E-state index in [1.54, 1.807) is 0 Å². The molecule has 0 unspecified atom stereocenters. The first-order valence-corrected chi connectivity index (χ1v) is 28.5. The molecule has 0 spiro atoms. The quantitative estimate of drug-likeness (QED) is 0.0391. The van der Waals surface area contributed by atoms with E-state index in [1.165, 1.54) is 103 Å². The van der Waals surface area contributed by atoms with Gasteiger partial charge in [-0.15, -0.1) is 0 Å². The Morgan fingerprint density at radius 2 is 0.653 bits per heavy atom. The molecule has 8 nitrogen and oxygen atoms in total. The van der Waals surface area contributed by atoms with Crippen LogP contribution in [0, 0.1) is 0 Å². The summed E-state index contributed by atoms with van der Waals surface area (Å²) in [5.74, 6) is 3.25. The average molecular weight is 975 g/mol. The Bertz CT molecular complexity index is 2470. The van der Waals surface area contributed by atoms with Gasteiger partial charge in [-0.2, -0.15) is 0 Å². The fourth-order valence-corrected chi connectivity index (χ4v) is 9.85. The Balaban J connectivity index is 1.31. The summed E-state index contributed by atoms with van der Waals surface area (Å²) in [5.41, 5.74) is 10.9. The lowest BCUT2D eigenvalue weighted by atomic mass is 9.99. The molecule has 2 N–H and O–H groups in total. The summed E-state index contributed by atoms with van der Waals surface area (Å²) >= 11 is 0. The topological polar surface area (TPSA) is 94.3 Å². The third-order valence-corrected chi connectivity index (χ3v) is 13.9. The van der Waals surface area contributed by atoms with Gasteiger partial charge in [0.1, 0.15) is 23.0 Å². The molecule has 72 heavy (non-hydrogen) atoms. The van der Waals surface area contributed by atoms with Crippen LogP contribution in [-0.2, 0) is 0 Å². The second-order valence-electron chi connectivity index (χ2n) is 19.9. The van der Waals surface area contributed by atoms with Crippen molar-refractivity contribution in [2.24, 2.45) is 0 Å². The SMILES string of the molecule is CCCCCCCCOc1cccc(OCCCCCCCC)c1-c1c2nc(cc3ccc([nH]3)c(-c3c(OCCCCCCCC)cccc3OCCCCCCCC)c3ccc(cc4nc1C=C4)[nH]3)C=C2. The van der Waals surface area contributed by atoms with Gasteiger partial charge in [-0.25, -0.2) is 9.97 Å².